The standard InChI is InChI=1S/C32H30O8/c1-35-29-15-23(21(13-25(29)33)7-3-19-5-9-27-31(11-19)39-17-37-27)24-16-30(36-2)26(34)14-22(24)8-4-20-6-10-28-32(12-20)40-18-38-28/h5-6,9-16,33-34H,3-4,7-8,17-18H2,1-2H3. The summed E-state index contributed by atoms with van der Waals surface area (Å²) in [6.07, 6.45) is 2.74. The highest BCUT2D eigenvalue weighted by Gasteiger charge is 2.20. The summed E-state index contributed by atoms with van der Waals surface area (Å²) in [7, 11) is 3.06. The topological polar surface area (TPSA) is 95.8 Å². The van der Waals surface area contributed by atoms with Crippen molar-refractivity contribution in [3.8, 4) is 57.1 Å². The summed E-state index contributed by atoms with van der Waals surface area (Å²) in [5.41, 5.74) is 5.86. The average Bonchev–Trinajstić information content (AvgIpc) is 3.64. The number of aromatic hydroxyl groups is 2. The molecular formula is C32H30O8. The van der Waals surface area contributed by atoms with Crippen molar-refractivity contribution < 1.29 is 38.6 Å². The van der Waals surface area contributed by atoms with Crippen LogP contribution >= 0.6 is 0 Å². The van der Waals surface area contributed by atoms with Crippen molar-refractivity contribution >= 4 is 0 Å². The molecular weight excluding hydrogens is 512 g/mol. The van der Waals surface area contributed by atoms with Gasteiger partial charge in [-0.15, -0.1) is 0 Å². The van der Waals surface area contributed by atoms with Gasteiger partial charge in [-0.1, -0.05) is 12.1 Å². The fourth-order valence-corrected chi connectivity index (χ4v) is 5.22. The Morgan fingerprint density at radius 3 is 1.40 bits per heavy atom. The number of phenolic OH excluding ortho intramolecular Hbond substituents is 2. The number of methoxy groups -OCH3 is 2. The lowest BCUT2D eigenvalue weighted by molar-refractivity contribution is 0.173. The van der Waals surface area contributed by atoms with E-state index in [4.69, 9.17) is 28.4 Å². The number of phenols is 2. The Balaban J connectivity index is 1.35. The van der Waals surface area contributed by atoms with Crippen molar-refractivity contribution in [2.45, 2.75) is 25.7 Å². The third-order valence-corrected chi connectivity index (χ3v) is 7.34. The third-order valence-electron chi connectivity index (χ3n) is 7.34. The molecule has 2 aliphatic heterocycles. The maximum atomic E-state index is 10.7. The summed E-state index contributed by atoms with van der Waals surface area (Å²) < 4.78 is 32.9. The minimum atomic E-state index is 0.0691. The molecule has 0 saturated heterocycles. The van der Waals surface area contributed by atoms with E-state index in [1.807, 2.05) is 48.5 Å². The first-order valence-electron chi connectivity index (χ1n) is 13.1. The van der Waals surface area contributed by atoms with Gasteiger partial charge in [0, 0.05) is 0 Å². The Morgan fingerprint density at radius 1 is 0.550 bits per heavy atom. The van der Waals surface area contributed by atoms with Gasteiger partial charge in [0.1, 0.15) is 0 Å². The molecule has 206 valence electrons. The zero-order valence-corrected chi connectivity index (χ0v) is 22.4. The van der Waals surface area contributed by atoms with Crippen LogP contribution in [0.3, 0.4) is 0 Å². The molecule has 0 aliphatic carbocycles. The molecule has 0 radical (unpaired) electrons. The van der Waals surface area contributed by atoms with Crippen LogP contribution in [-0.2, 0) is 25.7 Å². The van der Waals surface area contributed by atoms with Crippen LogP contribution in [0.5, 0.6) is 46.0 Å². The number of benzene rings is 4. The molecule has 0 aromatic heterocycles. The van der Waals surface area contributed by atoms with Crippen LogP contribution in [0.1, 0.15) is 22.3 Å². The van der Waals surface area contributed by atoms with E-state index in [9.17, 15) is 10.2 Å². The van der Waals surface area contributed by atoms with Crippen LogP contribution in [0.4, 0.5) is 0 Å². The van der Waals surface area contributed by atoms with Crippen molar-refractivity contribution in [3.63, 3.8) is 0 Å². The highest BCUT2D eigenvalue weighted by molar-refractivity contribution is 5.76. The molecule has 2 heterocycles. The van der Waals surface area contributed by atoms with Crippen LogP contribution in [0, 0.1) is 0 Å². The zero-order valence-electron chi connectivity index (χ0n) is 22.4. The minimum absolute atomic E-state index is 0.0691. The average molecular weight is 543 g/mol. The smallest absolute Gasteiger partial charge is 0.231 e. The number of ether oxygens (including phenoxy) is 6. The first kappa shape index (κ1) is 25.6. The molecule has 8 nitrogen and oxygen atoms in total. The Morgan fingerprint density at radius 2 is 0.975 bits per heavy atom. The number of aryl methyl sites for hydroxylation is 4. The van der Waals surface area contributed by atoms with Gasteiger partial charge in [-0.05, 0) is 108 Å². The van der Waals surface area contributed by atoms with E-state index < -0.39 is 0 Å². The van der Waals surface area contributed by atoms with E-state index in [0.717, 1.165) is 69.2 Å². The van der Waals surface area contributed by atoms with Crippen molar-refractivity contribution in [2.24, 2.45) is 0 Å². The fourth-order valence-electron chi connectivity index (χ4n) is 5.22. The Labute approximate surface area is 232 Å². The number of rotatable bonds is 9. The first-order valence-corrected chi connectivity index (χ1v) is 13.1. The van der Waals surface area contributed by atoms with Crippen molar-refractivity contribution in [1.29, 1.82) is 0 Å². The molecule has 0 bridgehead atoms. The Bertz CT molecular complexity index is 1440. The van der Waals surface area contributed by atoms with Gasteiger partial charge in [-0.25, -0.2) is 0 Å². The maximum Gasteiger partial charge on any atom is 0.231 e. The number of fused-ring (bicyclic) bond motifs is 2. The SMILES string of the molecule is COc1cc(-c2cc(OC)c(O)cc2CCc2ccc3c(c2)OCO3)c(CCc2ccc3c(c2)OCO3)cc1O. The van der Waals surface area contributed by atoms with Gasteiger partial charge in [0.15, 0.2) is 46.0 Å². The monoisotopic (exact) mass is 542 g/mol. The van der Waals surface area contributed by atoms with Crippen LogP contribution in [-0.4, -0.2) is 38.0 Å². The Kier molecular flexibility index (Phi) is 6.90. The molecule has 0 amide bonds. The second-order valence-electron chi connectivity index (χ2n) is 9.74. The maximum absolute atomic E-state index is 10.7. The van der Waals surface area contributed by atoms with Crippen LogP contribution in [0.25, 0.3) is 11.1 Å². The van der Waals surface area contributed by atoms with Gasteiger partial charge in [-0.2, -0.15) is 0 Å². The lowest BCUT2D eigenvalue weighted by Crippen LogP contribution is -2.01. The van der Waals surface area contributed by atoms with Gasteiger partial charge >= 0.3 is 0 Å². The van der Waals surface area contributed by atoms with Gasteiger partial charge < -0.3 is 38.6 Å². The predicted molar refractivity (Wildman–Crippen MR) is 148 cm³/mol. The largest absolute Gasteiger partial charge is 0.504 e. The number of hydrogen-bond acceptors (Lipinski definition) is 8. The fraction of sp³-hybridized carbons (Fsp3) is 0.250. The Hall–Kier alpha value is -4.72. The van der Waals surface area contributed by atoms with Gasteiger partial charge in [0.25, 0.3) is 0 Å². The molecule has 6 rings (SSSR count). The normalized spacial score (nSPS) is 12.9. The molecule has 0 fully saturated rings. The lowest BCUT2D eigenvalue weighted by atomic mass is 9.89. The molecule has 2 aliphatic rings. The summed E-state index contributed by atoms with van der Waals surface area (Å²) in [4.78, 5) is 0. The molecule has 8 heteroatoms. The summed E-state index contributed by atoms with van der Waals surface area (Å²) in [6, 6.07) is 19.1. The van der Waals surface area contributed by atoms with Crippen LogP contribution in [0.15, 0.2) is 60.7 Å². The first-order chi connectivity index (χ1) is 19.5. The molecule has 4 aromatic rings. The van der Waals surface area contributed by atoms with Crippen molar-refractivity contribution in [1.82, 2.24) is 0 Å². The van der Waals surface area contributed by atoms with Crippen LogP contribution < -0.4 is 28.4 Å². The van der Waals surface area contributed by atoms with E-state index in [0.29, 0.717) is 24.3 Å². The molecule has 2 N–H and O–H groups in total. The van der Waals surface area contributed by atoms with Gasteiger partial charge in [-0.3, -0.25) is 0 Å². The van der Waals surface area contributed by atoms with Gasteiger partial charge in [0.05, 0.1) is 14.2 Å². The quantitative estimate of drug-likeness (QED) is 0.274. The molecule has 0 saturated carbocycles. The summed E-state index contributed by atoms with van der Waals surface area (Å²) in [5.74, 6) is 3.85. The van der Waals surface area contributed by atoms with E-state index >= 15 is 0 Å². The predicted octanol–water partition coefficient (Wildman–Crippen LogP) is 5.81. The van der Waals surface area contributed by atoms with Crippen molar-refractivity contribution in [2.75, 3.05) is 27.8 Å². The lowest BCUT2D eigenvalue weighted by Gasteiger charge is -2.18. The molecule has 0 atom stereocenters. The molecule has 4 aromatic carbocycles. The highest BCUT2D eigenvalue weighted by Crippen LogP contribution is 2.42. The molecule has 0 unspecified atom stereocenters. The molecule has 40 heavy (non-hydrogen) atoms. The van der Waals surface area contributed by atoms with Crippen LogP contribution in [0.2, 0.25) is 0 Å². The summed E-state index contributed by atoms with van der Waals surface area (Å²) in [6.45, 7) is 0.458. The summed E-state index contributed by atoms with van der Waals surface area (Å²) >= 11 is 0. The zero-order chi connectivity index (χ0) is 27.6. The van der Waals surface area contributed by atoms with E-state index in [-0.39, 0.29) is 25.1 Å². The van der Waals surface area contributed by atoms with Crippen molar-refractivity contribution in [3.05, 3.63) is 82.9 Å². The second kappa shape index (κ2) is 10.8. The summed E-state index contributed by atoms with van der Waals surface area (Å²) in [5, 5.41) is 21.4. The van der Waals surface area contributed by atoms with E-state index in [2.05, 4.69) is 0 Å². The van der Waals surface area contributed by atoms with E-state index in [1.54, 1.807) is 12.1 Å². The number of hydrogen-bond donors (Lipinski definition) is 2. The third kappa shape index (κ3) is 5.00. The van der Waals surface area contributed by atoms with Gasteiger partial charge in [0.2, 0.25) is 13.6 Å². The second-order valence-corrected chi connectivity index (χ2v) is 9.74. The highest BCUT2D eigenvalue weighted by atomic mass is 16.7. The minimum Gasteiger partial charge on any atom is -0.504 e. The van der Waals surface area contributed by atoms with E-state index in [1.165, 1.54) is 14.2 Å². The molecule has 0 spiro atoms.